The van der Waals surface area contributed by atoms with Crippen molar-refractivity contribution in [1.82, 2.24) is 5.32 Å². The Hall–Kier alpha value is -6.65. The van der Waals surface area contributed by atoms with Crippen molar-refractivity contribution in [2.75, 3.05) is 55.6 Å². The summed E-state index contributed by atoms with van der Waals surface area (Å²) in [6.45, 7) is 8.62. The molecule has 1 saturated carbocycles. The molecule has 2 aliphatic rings. The molecule has 0 saturated heterocycles. The first-order valence-electron chi connectivity index (χ1n) is 23.3. The second-order valence-electron chi connectivity index (χ2n) is 17.9. The molecular weight excluding hydrogens is 989 g/mol. The Labute approximate surface area is 432 Å². The number of thiol groups is 1. The second kappa shape index (κ2) is 24.4. The molecule has 73 heavy (non-hydrogen) atoms. The van der Waals surface area contributed by atoms with Crippen LogP contribution < -0.4 is 26.6 Å². The monoisotopic (exact) mass is 1050 g/mol. The number of nitrogens with two attached hydrogens (primary N) is 1. The van der Waals surface area contributed by atoms with Crippen LogP contribution in [0.5, 0.6) is 0 Å². The molecule has 20 heteroatoms. The number of nitrogens with zero attached hydrogens (tertiary/aromatic N) is 4. The van der Waals surface area contributed by atoms with Gasteiger partial charge in [0, 0.05) is 48.5 Å². The number of ketones is 2. The minimum absolute atomic E-state index is 0.0149. The minimum Gasteiger partial charge on any atom is -0.377 e. The van der Waals surface area contributed by atoms with E-state index in [1.165, 1.54) is 12.1 Å². The fourth-order valence-corrected chi connectivity index (χ4v) is 10.5. The van der Waals surface area contributed by atoms with Gasteiger partial charge in [0.1, 0.15) is 15.6 Å². The van der Waals surface area contributed by atoms with Crippen LogP contribution in [0.1, 0.15) is 79.8 Å². The van der Waals surface area contributed by atoms with Gasteiger partial charge in [0.25, 0.3) is 20.2 Å². The summed E-state index contributed by atoms with van der Waals surface area (Å²) in [5.41, 5.74) is 8.66. The van der Waals surface area contributed by atoms with Crippen LogP contribution in [-0.2, 0) is 31.5 Å². The number of carbonyl (C=O) groups excluding carboxylic acids is 3. The number of fused-ring (bicyclic) bond motifs is 2. The number of benzene rings is 5. The molecule has 2 aliphatic carbocycles. The number of aliphatic imine (C=N–C) groups is 3. The van der Waals surface area contributed by atoms with Crippen molar-refractivity contribution in [3.63, 3.8) is 0 Å². The highest BCUT2D eigenvalue weighted by Gasteiger charge is 2.36. The number of carbonyl (C=O) groups is 3. The van der Waals surface area contributed by atoms with Crippen LogP contribution in [0.2, 0.25) is 0 Å². The molecule has 5 aromatic carbocycles. The molecule has 7 rings (SSSR count). The number of aryl methyl sites for hydroxylation is 2. The number of nitrogens with one attached hydrogen (secondary N) is 3. The van der Waals surface area contributed by atoms with Gasteiger partial charge in [-0.2, -0.15) is 34.5 Å². The third kappa shape index (κ3) is 13.3. The van der Waals surface area contributed by atoms with Crippen molar-refractivity contribution < 1.29 is 40.3 Å². The molecule has 17 nitrogen and oxygen atoms in total. The molecule has 0 aromatic heterocycles. The van der Waals surface area contributed by atoms with Crippen molar-refractivity contribution in [3.05, 3.63) is 147 Å². The lowest BCUT2D eigenvalue weighted by molar-refractivity contribution is -0.104. The van der Waals surface area contributed by atoms with Crippen molar-refractivity contribution in [3.8, 4) is 0 Å². The molecule has 0 aliphatic heterocycles. The maximum absolute atomic E-state index is 14.8. The van der Waals surface area contributed by atoms with E-state index in [2.05, 4.69) is 50.3 Å². The van der Waals surface area contributed by atoms with Gasteiger partial charge in [-0.15, -0.1) is 0 Å². The molecular formula is C53H60N8O9S3. The molecule has 0 heterocycles. The van der Waals surface area contributed by atoms with Crippen LogP contribution in [0.3, 0.4) is 0 Å². The Bertz CT molecular complexity index is 3250. The Kier molecular flexibility index (Phi) is 18.6. The van der Waals surface area contributed by atoms with Gasteiger partial charge in [0.2, 0.25) is 5.96 Å². The number of hydrogen-bond acceptors (Lipinski definition) is 13. The average molecular weight is 1050 g/mol. The predicted octanol–water partition coefficient (Wildman–Crippen LogP) is 8.00. The molecule has 384 valence electrons. The van der Waals surface area contributed by atoms with Gasteiger partial charge in [0.05, 0.1) is 34.9 Å². The van der Waals surface area contributed by atoms with Crippen LogP contribution in [0, 0.1) is 25.7 Å². The van der Waals surface area contributed by atoms with Crippen LogP contribution in [0.25, 0.3) is 5.57 Å². The van der Waals surface area contributed by atoms with E-state index in [1.54, 1.807) is 80.7 Å². The fraction of sp³-hybridized carbons (Fsp3) is 0.283. The van der Waals surface area contributed by atoms with Crippen molar-refractivity contribution in [1.29, 1.82) is 0 Å². The standard InChI is InChI=1S/C52H56N8O9S2.CH4S/c1-31-16-18-33(19-17-31)24-46(54-3)59-52(56-30-55-28-35-12-9-11-34(23-35)27-53)58-42-25-41(44(70(64,65)66)26-45(42)71(67,68)69)57-40-20-21-43(60(4)5)49-47(37-14-6-7-15-38(37)51(63)48(40)49)39(29-61)50(62)36-13-8-10-32(2)22-36;1-2/h6-8,10,13-22,25-26,29,34-35,55,57H,3,9,11-12,23-24,27-28,30,53H2,1-2,4-5H3,(H,56,58)(H,64,65,66)(H,67,68,69);2H,1H3/b47-39+,59-46-;. The molecule has 0 radical (unpaired) electrons. The van der Waals surface area contributed by atoms with Gasteiger partial charge < -0.3 is 21.3 Å². The number of aldehydes is 1. The van der Waals surface area contributed by atoms with Gasteiger partial charge >= 0.3 is 0 Å². The van der Waals surface area contributed by atoms with Crippen LogP contribution in [0.15, 0.2) is 127 Å². The highest BCUT2D eigenvalue weighted by Crippen LogP contribution is 2.47. The lowest BCUT2D eigenvalue weighted by Crippen LogP contribution is -2.30. The third-order valence-corrected chi connectivity index (χ3v) is 14.3. The number of Topliss-reactive ketones (excluding diaryl/α,β-unsaturated/α-hetero) is 1. The van der Waals surface area contributed by atoms with E-state index in [-0.39, 0.29) is 64.0 Å². The zero-order chi connectivity index (χ0) is 53.2. The topological polar surface area (TPSA) is 262 Å². The zero-order valence-electron chi connectivity index (χ0n) is 41.2. The van der Waals surface area contributed by atoms with Crippen LogP contribution in [-0.4, -0.2) is 102 Å². The van der Waals surface area contributed by atoms with Gasteiger partial charge in [-0.25, -0.2) is 9.98 Å². The largest absolute Gasteiger partial charge is 0.377 e. The molecule has 5 aromatic rings. The lowest BCUT2D eigenvalue weighted by atomic mass is 9.76. The van der Waals surface area contributed by atoms with Gasteiger partial charge in [0.15, 0.2) is 17.9 Å². The van der Waals surface area contributed by atoms with E-state index in [1.807, 2.05) is 31.2 Å². The lowest BCUT2D eigenvalue weighted by Gasteiger charge is -2.30. The summed E-state index contributed by atoms with van der Waals surface area (Å²) in [5, 5.41) is 9.10. The summed E-state index contributed by atoms with van der Waals surface area (Å²) >= 11 is 3.53. The number of hydrogen-bond donors (Lipinski definition) is 7. The summed E-state index contributed by atoms with van der Waals surface area (Å²) in [4.78, 5) is 55.4. The highest BCUT2D eigenvalue weighted by molar-refractivity contribution is 7.86. The van der Waals surface area contributed by atoms with E-state index in [0.717, 1.165) is 48.4 Å². The molecule has 2 atom stereocenters. The quantitative estimate of drug-likeness (QED) is 0.00463. The molecule has 0 amide bonds. The molecule has 0 spiro atoms. The van der Waals surface area contributed by atoms with Gasteiger partial charge in [-0.1, -0.05) is 84.3 Å². The van der Waals surface area contributed by atoms with E-state index >= 15 is 0 Å². The number of rotatable bonds is 16. The smallest absolute Gasteiger partial charge is 0.296 e. The van der Waals surface area contributed by atoms with E-state index in [9.17, 15) is 40.3 Å². The average Bonchev–Trinajstić information content (AvgIpc) is 3.36. The zero-order valence-corrected chi connectivity index (χ0v) is 43.7. The Morgan fingerprint density at radius 1 is 0.836 bits per heavy atom. The first-order valence-corrected chi connectivity index (χ1v) is 27.0. The van der Waals surface area contributed by atoms with E-state index < -0.39 is 53.0 Å². The van der Waals surface area contributed by atoms with E-state index in [0.29, 0.717) is 48.5 Å². The Morgan fingerprint density at radius 2 is 1.51 bits per heavy atom. The Balaban J connectivity index is 0.00000429. The number of guanidine groups is 1. The third-order valence-electron chi connectivity index (χ3n) is 12.5. The fourth-order valence-electron chi connectivity index (χ4n) is 9.07. The maximum atomic E-state index is 14.8. The Morgan fingerprint density at radius 3 is 2.14 bits per heavy atom. The molecule has 2 unspecified atom stereocenters. The van der Waals surface area contributed by atoms with Crippen LogP contribution >= 0.6 is 12.6 Å². The second-order valence-corrected chi connectivity index (χ2v) is 20.7. The number of anilines is 4. The summed E-state index contributed by atoms with van der Waals surface area (Å²) in [7, 11) is -7.18. The summed E-state index contributed by atoms with van der Waals surface area (Å²) in [6.07, 6.45) is 6.39. The SMILES string of the molecule is C=N/C(Cc1ccc(C)cc1)=N\C(=N/CNCC1CCCC(CN)C1)Nc1cc(Nc2ccc(N(C)C)c3c2C(=O)c2ccccc2/C3=C(/C=O)C(=O)c2cccc(C)c2)c(S(=O)(=O)O)cc1S(=O)(=O)O.CS. The maximum Gasteiger partial charge on any atom is 0.296 e. The van der Waals surface area contributed by atoms with E-state index in [4.69, 9.17) is 5.73 Å². The molecule has 7 N–H and O–H groups in total. The minimum atomic E-state index is -5.31. The van der Waals surface area contributed by atoms with Crippen molar-refractivity contribution in [2.45, 2.75) is 55.7 Å². The highest BCUT2D eigenvalue weighted by atomic mass is 32.2. The van der Waals surface area contributed by atoms with Crippen molar-refractivity contribution in [2.24, 2.45) is 32.5 Å². The first-order chi connectivity index (χ1) is 34.8. The summed E-state index contributed by atoms with van der Waals surface area (Å²) in [5.74, 6) is -0.455. The summed E-state index contributed by atoms with van der Waals surface area (Å²) in [6, 6.07) is 25.4. The summed E-state index contributed by atoms with van der Waals surface area (Å²) < 4.78 is 74.1. The predicted molar refractivity (Wildman–Crippen MR) is 293 cm³/mol. The number of allylic oxidation sites excluding steroid dienone is 1. The van der Waals surface area contributed by atoms with Crippen molar-refractivity contribution >= 4 is 97.6 Å². The first kappa shape index (κ1) is 55.7. The molecule has 1 fully saturated rings. The van der Waals surface area contributed by atoms with Crippen LogP contribution in [0.4, 0.5) is 22.7 Å². The number of amidine groups is 1. The normalized spacial score (nSPS) is 16.5. The van der Waals surface area contributed by atoms with Gasteiger partial charge in [-0.3, -0.25) is 28.8 Å². The van der Waals surface area contributed by atoms with Gasteiger partial charge in [-0.05, 0) is 112 Å². The molecule has 0 bridgehead atoms.